The van der Waals surface area contributed by atoms with Crippen molar-refractivity contribution in [3.63, 3.8) is 0 Å². The van der Waals surface area contributed by atoms with Crippen molar-refractivity contribution in [3.8, 4) is 11.5 Å². The predicted molar refractivity (Wildman–Crippen MR) is 109 cm³/mol. The molecule has 2 N–H and O–H groups in total. The molecule has 3 aromatic rings. The van der Waals surface area contributed by atoms with Crippen LogP contribution >= 0.6 is 12.2 Å². The minimum atomic E-state index is -0.260. The first-order chi connectivity index (χ1) is 13.6. The minimum Gasteiger partial charge on any atom is -0.493 e. The zero-order chi connectivity index (χ0) is 19.9. The number of benzene rings is 2. The number of carbonyl (C=O) groups excluding carboxylic acids is 1. The van der Waals surface area contributed by atoms with Crippen molar-refractivity contribution in [1.82, 2.24) is 14.9 Å². The molecule has 8 nitrogen and oxygen atoms in total. The SMILES string of the molecule is COc1cc(/C=N\n2c(C)n[nH]c2=S)ccc1OCC(=O)Nc1ccccc1. The molecule has 9 heteroatoms. The first kappa shape index (κ1) is 19.3. The van der Waals surface area contributed by atoms with Gasteiger partial charge in [0.2, 0.25) is 4.77 Å². The Kier molecular flexibility index (Phi) is 6.18. The first-order valence-corrected chi connectivity index (χ1v) is 8.82. The number of nitrogens with zero attached hydrogens (tertiary/aromatic N) is 3. The van der Waals surface area contributed by atoms with Crippen LogP contribution in [0.25, 0.3) is 0 Å². The number of hydrogen-bond donors (Lipinski definition) is 2. The average molecular weight is 397 g/mol. The largest absolute Gasteiger partial charge is 0.493 e. The molecule has 0 spiro atoms. The van der Waals surface area contributed by atoms with E-state index >= 15 is 0 Å². The summed E-state index contributed by atoms with van der Waals surface area (Å²) in [6.07, 6.45) is 1.63. The van der Waals surface area contributed by atoms with Crippen LogP contribution in [0.1, 0.15) is 11.4 Å². The Hall–Kier alpha value is -3.46. The van der Waals surface area contributed by atoms with Crippen LogP contribution in [0.4, 0.5) is 5.69 Å². The summed E-state index contributed by atoms with van der Waals surface area (Å²) in [6.45, 7) is 1.66. The van der Waals surface area contributed by atoms with Gasteiger partial charge in [-0.2, -0.15) is 14.9 Å². The maximum absolute atomic E-state index is 12.0. The number of nitrogens with one attached hydrogen (secondary N) is 2. The van der Waals surface area contributed by atoms with E-state index in [0.717, 1.165) is 5.56 Å². The smallest absolute Gasteiger partial charge is 0.262 e. The third-order valence-electron chi connectivity index (χ3n) is 3.74. The van der Waals surface area contributed by atoms with Gasteiger partial charge in [-0.1, -0.05) is 18.2 Å². The molecule has 144 valence electrons. The summed E-state index contributed by atoms with van der Waals surface area (Å²) in [5.41, 5.74) is 1.49. The van der Waals surface area contributed by atoms with Crippen LogP contribution in [-0.4, -0.2) is 40.7 Å². The van der Waals surface area contributed by atoms with Gasteiger partial charge in [0.15, 0.2) is 18.1 Å². The Morgan fingerprint density at radius 2 is 2.07 bits per heavy atom. The molecule has 1 amide bonds. The number of aromatic amines is 1. The fraction of sp³-hybridized carbons (Fsp3) is 0.158. The molecule has 0 aliphatic rings. The normalized spacial score (nSPS) is 10.8. The lowest BCUT2D eigenvalue weighted by Gasteiger charge is -2.11. The fourth-order valence-corrected chi connectivity index (χ4v) is 2.60. The van der Waals surface area contributed by atoms with Crippen LogP contribution in [0.3, 0.4) is 0 Å². The Labute approximate surface area is 166 Å². The van der Waals surface area contributed by atoms with Crippen LogP contribution in [0, 0.1) is 11.7 Å². The molecular formula is C19H19N5O3S. The van der Waals surface area contributed by atoms with E-state index in [-0.39, 0.29) is 12.5 Å². The van der Waals surface area contributed by atoms with Crippen molar-refractivity contribution >= 4 is 30.0 Å². The van der Waals surface area contributed by atoms with Crippen molar-refractivity contribution < 1.29 is 14.3 Å². The van der Waals surface area contributed by atoms with Crippen LogP contribution in [0.5, 0.6) is 11.5 Å². The number of carbonyl (C=O) groups is 1. The van der Waals surface area contributed by atoms with E-state index < -0.39 is 0 Å². The maximum Gasteiger partial charge on any atom is 0.262 e. The zero-order valence-electron chi connectivity index (χ0n) is 15.4. The van der Waals surface area contributed by atoms with E-state index in [1.54, 1.807) is 43.5 Å². The van der Waals surface area contributed by atoms with Crippen LogP contribution in [0.2, 0.25) is 0 Å². The average Bonchev–Trinajstić information content (AvgIpc) is 3.03. The molecule has 0 radical (unpaired) electrons. The van der Waals surface area contributed by atoms with Gasteiger partial charge < -0.3 is 14.8 Å². The Bertz CT molecular complexity index is 1040. The van der Waals surface area contributed by atoms with Gasteiger partial charge in [-0.15, -0.1) is 0 Å². The third kappa shape index (κ3) is 4.83. The molecule has 0 fully saturated rings. The summed E-state index contributed by atoms with van der Waals surface area (Å²) >= 11 is 5.11. The van der Waals surface area contributed by atoms with Crippen LogP contribution < -0.4 is 14.8 Å². The number of methoxy groups -OCH3 is 1. The lowest BCUT2D eigenvalue weighted by molar-refractivity contribution is -0.118. The van der Waals surface area contributed by atoms with Gasteiger partial charge in [-0.3, -0.25) is 9.89 Å². The number of rotatable bonds is 7. The number of ether oxygens (including phenoxy) is 2. The molecule has 0 aliphatic heterocycles. The van der Waals surface area contributed by atoms with Gasteiger partial charge in [-0.25, -0.2) is 0 Å². The number of hydrogen-bond acceptors (Lipinski definition) is 6. The highest BCUT2D eigenvalue weighted by Gasteiger charge is 2.09. The van der Waals surface area contributed by atoms with E-state index in [2.05, 4.69) is 20.6 Å². The van der Waals surface area contributed by atoms with Gasteiger partial charge in [0, 0.05) is 5.69 Å². The van der Waals surface area contributed by atoms with E-state index in [1.807, 2.05) is 18.2 Å². The molecular weight excluding hydrogens is 378 g/mol. The molecule has 0 unspecified atom stereocenters. The molecule has 0 bridgehead atoms. The van der Waals surface area contributed by atoms with Crippen LogP contribution in [-0.2, 0) is 4.79 Å². The summed E-state index contributed by atoms with van der Waals surface area (Å²) in [5.74, 6) is 1.34. The number of anilines is 1. The molecule has 0 saturated heterocycles. The number of para-hydroxylation sites is 1. The Balaban J connectivity index is 1.66. The molecule has 2 aromatic carbocycles. The highest BCUT2D eigenvalue weighted by molar-refractivity contribution is 7.71. The lowest BCUT2D eigenvalue weighted by atomic mass is 10.2. The first-order valence-electron chi connectivity index (χ1n) is 8.41. The zero-order valence-corrected chi connectivity index (χ0v) is 16.2. The van der Waals surface area contributed by atoms with E-state index in [0.29, 0.717) is 27.8 Å². The summed E-state index contributed by atoms with van der Waals surface area (Å²) in [5, 5.41) is 13.7. The van der Waals surface area contributed by atoms with E-state index in [9.17, 15) is 4.79 Å². The molecule has 0 saturated carbocycles. The van der Waals surface area contributed by atoms with Crippen molar-refractivity contribution in [2.75, 3.05) is 19.0 Å². The molecule has 0 atom stereocenters. The Morgan fingerprint density at radius 3 is 2.75 bits per heavy atom. The number of aromatic nitrogens is 3. The number of H-pyrrole nitrogens is 1. The van der Waals surface area contributed by atoms with Gasteiger partial charge in [0.1, 0.15) is 5.82 Å². The van der Waals surface area contributed by atoms with E-state index in [1.165, 1.54) is 11.8 Å². The quantitative estimate of drug-likeness (QED) is 0.472. The maximum atomic E-state index is 12.0. The van der Waals surface area contributed by atoms with Gasteiger partial charge in [-0.05, 0) is 55.0 Å². The summed E-state index contributed by atoms with van der Waals surface area (Å²) in [4.78, 5) is 12.0. The van der Waals surface area contributed by atoms with Crippen molar-refractivity contribution in [1.29, 1.82) is 0 Å². The van der Waals surface area contributed by atoms with Gasteiger partial charge in [0.25, 0.3) is 5.91 Å². The fourth-order valence-electron chi connectivity index (χ4n) is 2.38. The van der Waals surface area contributed by atoms with Gasteiger partial charge in [0.05, 0.1) is 13.3 Å². The highest BCUT2D eigenvalue weighted by Crippen LogP contribution is 2.27. The minimum absolute atomic E-state index is 0.137. The highest BCUT2D eigenvalue weighted by atomic mass is 32.1. The predicted octanol–water partition coefficient (Wildman–Crippen LogP) is 3.16. The second-order valence-electron chi connectivity index (χ2n) is 5.75. The standard InChI is InChI=1S/C19H19N5O3S/c1-13-22-23-19(28)24(13)20-11-14-8-9-16(17(10-14)26-2)27-12-18(25)21-15-6-4-3-5-7-15/h3-11H,12H2,1-2H3,(H,21,25)(H,23,28)/b20-11-. The summed E-state index contributed by atoms with van der Waals surface area (Å²) < 4.78 is 12.9. The second kappa shape index (κ2) is 8.96. The monoisotopic (exact) mass is 397 g/mol. The van der Waals surface area contributed by atoms with E-state index in [4.69, 9.17) is 21.7 Å². The Morgan fingerprint density at radius 1 is 1.29 bits per heavy atom. The molecule has 1 aromatic heterocycles. The van der Waals surface area contributed by atoms with Crippen molar-refractivity contribution in [2.45, 2.75) is 6.92 Å². The molecule has 28 heavy (non-hydrogen) atoms. The molecule has 0 aliphatic carbocycles. The molecule has 1 heterocycles. The topological polar surface area (TPSA) is 93.5 Å². The van der Waals surface area contributed by atoms with Crippen molar-refractivity contribution in [2.24, 2.45) is 5.10 Å². The second-order valence-corrected chi connectivity index (χ2v) is 6.13. The summed E-state index contributed by atoms with van der Waals surface area (Å²) in [6, 6.07) is 14.5. The third-order valence-corrected chi connectivity index (χ3v) is 4.00. The summed E-state index contributed by atoms with van der Waals surface area (Å²) in [7, 11) is 1.53. The lowest BCUT2D eigenvalue weighted by Crippen LogP contribution is -2.20. The number of amides is 1. The molecule has 3 rings (SSSR count). The number of aryl methyl sites for hydroxylation is 1. The van der Waals surface area contributed by atoms with Crippen LogP contribution in [0.15, 0.2) is 53.6 Å². The van der Waals surface area contributed by atoms with Gasteiger partial charge >= 0.3 is 0 Å². The van der Waals surface area contributed by atoms with Crippen molar-refractivity contribution in [3.05, 3.63) is 64.7 Å².